The Balaban J connectivity index is 1.88. The lowest BCUT2D eigenvalue weighted by molar-refractivity contribution is -0.913. The minimum absolute atomic E-state index is 0.0167. The molecule has 0 spiro atoms. The van der Waals surface area contributed by atoms with Gasteiger partial charge in [0.05, 0.1) is 20.2 Å². The normalized spacial score (nSPS) is 21.9. The van der Waals surface area contributed by atoms with Gasteiger partial charge in [0.25, 0.3) is 0 Å². The summed E-state index contributed by atoms with van der Waals surface area (Å²) in [5.41, 5.74) is 0.478. The minimum atomic E-state index is -4.18. The monoisotopic (exact) mass is 376 g/mol. The van der Waals surface area contributed by atoms with E-state index in [4.69, 9.17) is 9.47 Å². The zero-order valence-corrected chi connectivity index (χ0v) is 14.9. The number of aliphatic hydroxyl groups excluding tert-OH is 1. The van der Waals surface area contributed by atoms with Crippen molar-refractivity contribution in [1.29, 1.82) is 0 Å². The summed E-state index contributed by atoms with van der Waals surface area (Å²) in [6, 6.07) is 4.72. The second-order valence-electron chi connectivity index (χ2n) is 6.68. The Labute approximate surface area is 150 Å². The molecule has 2 N–H and O–H groups in total. The van der Waals surface area contributed by atoms with Crippen LogP contribution in [0.4, 0.5) is 13.2 Å². The van der Waals surface area contributed by atoms with Crippen molar-refractivity contribution in [2.45, 2.75) is 32.0 Å². The maximum atomic E-state index is 12.9. The van der Waals surface area contributed by atoms with Crippen LogP contribution in [0.5, 0.6) is 11.5 Å². The molecule has 2 rings (SSSR count). The van der Waals surface area contributed by atoms with Gasteiger partial charge >= 0.3 is 6.18 Å². The molecule has 146 valence electrons. The number of hydrogen-bond donors (Lipinski definition) is 2. The molecule has 26 heavy (non-hydrogen) atoms. The number of rotatable bonds is 7. The summed E-state index contributed by atoms with van der Waals surface area (Å²) in [5, 5.41) is 10.1. The summed E-state index contributed by atoms with van der Waals surface area (Å²) in [6.45, 7) is 2.17. The van der Waals surface area contributed by atoms with E-state index in [1.807, 2.05) is 0 Å². The second kappa shape index (κ2) is 8.73. The number of piperidine rings is 1. The highest BCUT2D eigenvalue weighted by Gasteiger charge is 2.44. The molecule has 1 fully saturated rings. The Bertz CT molecular complexity index is 621. The third-order valence-corrected chi connectivity index (χ3v) is 4.61. The number of carbonyl (C=O) groups excluding carboxylic acids is 1. The molecule has 3 atom stereocenters. The van der Waals surface area contributed by atoms with Crippen LogP contribution in [0.3, 0.4) is 0 Å². The quantitative estimate of drug-likeness (QED) is 0.708. The predicted octanol–water partition coefficient (Wildman–Crippen LogP) is 1.49. The molecule has 8 heteroatoms. The summed E-state index contributed by atoms with van der Waals surface area (Å²) in [5.74, 6) is -0.674. The van der Waals surface area contributed by atoms with Crippen LogP contribution in [0, 0.1) is 5.92 Å². The van der Waals surface area contributed by atoms with Crippen molar-refractivity contribution in [3.05, 3.63) is 23.8 Å². The number of hydrogen-bond acceptors (Lipinski definition) is 4. The highest BCUT2D eigenvalue weighted by molar-refractivity contribution is 5.94. The number of ketones is 1. The van der Waals surface area contributed by atoms with Gasteiger partial charge in [-0.05, 0) is 38.0 Å². The van der Waals surface area contributed by atoms with Gasteiger partial charge in [0.1, 0.15) is 25.2 Å². The third kappa shape index (κ3) is 5.60. The zero-order valence-electron chi connectivity index (χ0n) is 14.9. The van der Waals surface area contributed by atoms with E-state index in [0.29, 0.717) is 30.0 Å². The maximum Gasteiger partial charge on any atom is 0.397 e. The lowest BCUT2D eigenvalue weighted by atomic mass is 9.97. The van der Waals surface area contributed by atoms with Crippen molar-refractivity contribution in [3.63, 3.8) is 0 Å². The number of ether oxygens (including phenoxy) is 2. The molecular formula is C18H25F3NO4+. The van der Waals surface area contributed by atoms with Crippen molar-refractivity contribution < 1.29 is 37.4 Å². The van der Waals surface area contributed by atoms with E-state index in [2.05, 4.69) is 0 Å². The summed E-state index contributed by atoms with van der Waals surface area (Å²) >= 11 is 0. The van der Waals surface area contributed by atoms with Crippen LogP contribution in [0.1, 0.15) is 30.1 Å². The molecule has 0 aromatic heterocycles. The molecule has 1 unspecified atom stereocenters. The van der Waals surface area contributed by atoms with Crippen LogP contribution in [-0.2, 0) is 0 Å². The number of alkyl halides is 3. The molecule has 1 saturated heterocycles. The molecule has 1 aromatic rings. The fourth-order valence-electron chi connectivity index (χ4n) is 3.20. The van der Waals surface area contributed by atoms with Crippen LogP contribution in [0.2, 0.25) is 0 Å². The van der Waals surface area contributed by atoms with Gasteiger partial charge in [0.15, 0.2) is 17.3 Å². The number of nitrogens with one attached hydrogen (secondary N) is 1. The van der Waals surface area contributed by atoms with Gasteiger partial charge in [-0.15, -0.1) is 0 Å². The van der Waals surface area contributed by atoms with E-state index in [1.165, 1.54) is 14.0 Å². The van der Waals surface area contributed by atoms with Gasteiger partial charge < -0.3 is 19.5 Å². The highest BCUT2D eigenvalue weighted by atomic mass is 19.4. The van der Waals surface area contributed by atoms with Crippen molar-refractivity contribution in [2.24, 2.45) is 5.92 Å². The summed E-state index contributed by atoms with van der Waals surface area (Å²) < 4.78 is 49.3. The lowest BCUT2D eigenvalue weighted by Gasteiger charge is -2.32. The number of likely N-dealkylation sites (tertiary alicyclic amines) is 1. The van der Waals surface area contributed by atoms with Crippen molar-refractivity contribution in [1.82, 2.24) is 0 Å². The first kappa shape index (κ1) is 20.5. The fourth-order valence-corrected chi connectivity index (χ4v) is 3.20. The van der Waals surface area contributed by atoms with Gasteiger partial charge in [-0.2, -0.15) is 13.2 Å². The molecule has 1 heterocycles. The largest absolute Gasteiger partial charge is 0.493 e. The molecule has 1 aliphatic heterocycles. The molecule has 0 amide bonds. The SMILES string of the molecule is COc1cc(C(C)=O)ccc1OC[C@@H](O)C[NH+]1CCC[C@H](C(F)(F)F)C1. The first-order valence-electron chi connectivity index (χ1n) is 8.60. The van der Waals surface area contributed by atoms with Gasteiger partial charge in [-0.1, -0.05) is 0 Å². The molecule has 0 bridgehead atoms. The Morgan fingerprint density at radius 1 is 1.38 bits per heavy atom. The maximum absolute atomic E-state index is 12.9. The average molecular weight is 376 g/mol. The second-order valence-corrected chi connectivity index (χ2v) is 6.68. The highest BCUT2D eigenvalue weighted by Crippen LogP contribution is 2.30. The van der Waals surface area contributed by atoms with E-state index in [9.17, 15) is 23.1 Å². The van der Waals surface area contributed by atoms with Crippen LogP contribution in [0.15, 0.2) is 18.2 Å². The Morgan fingerprint density at radius 3 is 2.73 bits per heavy atom. The van der Waals surface area contributed by atoms with E-state index in [0.717, 1.165) is 4.90 Å². The zero-order chi connectivity index (χ0) is 19.3. The van der Waals surface area contributed by atoms with E-state index in [-0.39, 0.29) is 31.9 Å². The number of quaternary nitrogens is 1. The van der Waals surface area contributed by atoms with Gasteiger partial charge in [-0.3, -0.25) is 4.79 Å². The number of aliphatic hydroxyl groups is 1. The van der Waals surface area contributed by atoms with E-state index < -0.39 is 18.2 Å². The molecule has 5 nitrogen and oxygen atoms in total. The molecule has 1 aromatic carbocycles. The van der Waals surface area contributed by atoms with E-state index >= 15 is 0 Å². The van der Waals surface area contributed by atoms with Crippen LogP contribution >= 0.6 is 0 Å². The topological polar surface area (TPSA) is 60.2 Å². The fraction of sp³-hybridized carbons (Fsp3) is 0.611. The minimum Gasteiger partial charge on any atom is -0.493 e. The molecule has 0 radical (unpaired) electrons. The summed E-state index contributed by atoms with van der Waals surface area (Å²) in [7, 11) is 1.44. The Kier molecular flexibility index (Phi) is 6.88. The van der Waals surface area contributed by atoms with E-state index in [1.54, 1.807) is 18.2 Å². The lowest BCUT2D eigenvalue weighted by Crippen LogP contribution is -3.15. The number of benzene rings is 1. The predicted molar refractivity (Wildman–Crippen MR) is 88.8 cm³/mol. The average Bonchev–Trinajstić information content (AvgIpc) is 2.59. The smallest absolute Gasteiger partial charge is 0.397 e. The molecule has 0 saturated carbocycles. The summed E-state index contributed by atoms with van der Waals surface area (Å²) in [4.78, 5) is 12.1. The van der Waals surface area contributed by atoms with Gasteiger partial charge in [-0.25, -0.2) is 0 Å². The van der Waals surface area contributed by atoms with Gasteiger partial charge in [0.2, 0.25) is 0 Å². The van der Waals surface area contributed by atoms with Crippen LogP contribution in [-0.4, -0.2) is 56.5 Å². The Hall–Kier alpha value is -1.80. The molecular weight excluding hydrogens is 351 g/mol. The van der Waals surface area contributed by atoms with Crippen molar-refractivity contribution in [3.8, 4) is 11.5 Å². The van der Waals surface area contributed by atoms with Gasteiger partial charge in [0, 0.05) is 5.56 Å². The van der Waals surface area contributed by atoms with Crippen LogP contribution < -0.4 is 14.4 Å². The first-order chi connectivity index (χ1) is 12.2. The Morgan fingerprint density at radius 2 is 2.12 bits per heavy atom. The standard InChI is InChI=1S/C18H24F3NO4/c1-12(23)13-5-6-16(17(8-13)25-2)26-11-15(24)10-22-7-3-4-14(9-22)18(19,20)21/h5-6,8,14-15,24H,3-4,7,9-11H2,1-2H3/p+1/t14-,15-/m0/s1. The van der Waals surface area contributed by atoms with Crippen LogP contribution in [0.25, 0.3) is 0 Å². The number of Topliss-reactive ketones (excluding diaryl/α,β-unsaturated/α-hetero) is 1. The first-order valence-corrected chi connectivity index (χ1v) is 8.60. The number of carbonyl (C=O) groups is 1. The summed E-state index contributed by atoms with van der Waals surface area (Å²) in [6.07, 6.45) is -4.43. The van der Waals surface area contributed by atoms with Crippen molar-refractivity contribution >= 4 is 5.78 Å². The molecule has 1 aliphatic rings. The molecule has 0 aliphatic carbocycles. The number of methoxy groups -OCH3 is 1. The third-order valence-electron chi connectivity index (χ3n) is 4.61. The number of halogens is 3. The van der Waals surface area contributed by atoms with Crippen molar-refractivity contribution in [2.75, 3.05) is 33.4 Å².